The number of halogens is 2. The maximum absolute atomic E-state index is 14.7. The molecule has 0 saturated carbocycles. The van der Waals surface area contributed by atoms with Gasteiger partial charge in [-0.2, -0.15) is 0 Å². The molecule has 202 valence electrons. The minimum atomic E-state index is -0.791. The number of ether oxygens (including phenoxy) is 1. The van der Waals surface area contributed by atoms with Gasteiger partial charge >= 0.3 is 5.69 Å². The smallest absolute Gasteiger partial charge is 0.338 e. The van der Waals surface area contributed by atoms with Crippen LogP contribution < -0.4 is 27.8 Å². The molecular weight excluding hydrogens is 526 g/mol. The third kappa shape index (κ3) is 4.79. The van der Waals surface area contributed by atoms with Gasteiger partial charge in [-0.15, -0.1) is 11.3 Å². The minimum Gasteiger partial charge on any atom is -0.481 e. The Hall–Kier alpha value is -4.42. The number of thiophene rings is 1. The standard InChI is InChI=1S/C27H26F2N6O3S/c1-33(2)13-18-23-25(36)35(21-11-12-22(38-3)32-31-21)27(37)34(14-17-19(28)5-4-6-20(17)29)26(23)39-24(18)15-7-9-16(30)10-8-15/h4-12,31-32H,13-14,30H2,1-3H3. The van der Waals surface area contributed by atoms with Gasteiger partial charge in [-0.3, -0.25) is 20.2 Å². The van der Waals surface area contributed by atoms with Gasteiger partial charge < -0.3 is 15.4 Å². The molecule has 0 radical (unpaired) electrons. The molecule has 1 aliphatic rings. The highest BCUT2D eigenvalue weighted by atomic mass is 32.1. The van der Waals surface area contributed by atoms with Crippen LogP contribution in [0.25, 0.3) is 26.5 Å². The number of allylic oxidation sites excluding steroid dienone is 2. The zero-order valence-electron chi connectivity index (χ0n) is 21.4. The molecule has 0 unspecified atom stereocenters. The van der Waals surface area contributed by atoms with Gasteiger partial charge in [0.2, 0.25) is 5.88 Å². The molecule has 4 N–H and O–H groups in total. The van der Waals surface area contributed by atoms with Crippen LogP contribution in [0.3, 0.4) is 0 Å². The highest BCUT2D eigenvalue weighted by molar-refractivity contribution is 7.22. The van der Waals surface area contributed by atoms with E-state index in [1.54, 1.807) is 18.2 Å². The summed E-state index contributed by atoms with van der Waals surface area (Å²) in [7, 11) is 5.20. The Labute approximate surface area is 226 Å². The number of nitrogens with zero attached hydrogens (tertiary/aromatic N) is 3. The summed E-state index contributed by atoms with van der Waals surface area (Å²) < 4.78 is 36.8. The Morgan fingerprint density at radius 2 is 1.69 bits per heavy atom. The molecule has 2 aromatic heterocycles. The second kappa shape index (κ2) is 10.4. The summed E-state index contributed by atoms with van der Waals surface area (Å²) in [6.45, 7) is -0.0449. The Balaban J connectivity index is 1.87. The third-order valence-corrected chi connectivity index (χ3v) is 7.57. The number of hydrazine groups is 1. The maximum atomic E-state index is 14.7. The molecule has 0 atom stereocenters. The fraction of sp³-hybridized carbons (Fsp3) is 0.185. The van der Waals surface area contributed by atoms with Crippen LogP contribution in [0.2, 0.25) is 0 Å². The second-order valence-corrected chi connectivity index (χ2v) is 10.2. The first-order valence-corrected chi connectivity index (χ1v) is 12.7. The molecule has 0 saturated heterocycles. The fourth-order valence-electron chi connectivity index (χ4n) is 4.41. The lowest BCUT2D eigenvalue weighted by Gasteiger charge is -2.20. The summed E-state index contributed by atoms with van der Waals surface area (Å²) in [5.74, 6) is -1.08. The topological polar surface area (TPSA) is 107 Å². The molecule has 0 spiro atoms. The van der Waals surface area contributed by atoms with Crippen molar-refractivity contribution in [2.75, 3.05) is 26.9 Å². The van der Waals surface area contributed by atoms with Crippen LogP contribution in [0.5, 0.6) is 0 Å². The minimum absolute atomic E-state index is 0.131. The van der Waals surface area contributed by atoms with Crippen LogP contribution in [-0.2, 0) is 17.8 Å². The average molecular weight is 553 g/mol. The molecule has 12 heteroatoms. The highest BCUT2D eigenvalue weighted by Gasteiger charge is 2.26. The molecule has 0 fully saturated rings. The van der Waals surface area contributed by atoms with Gasteiger partial charge in [0.15, 0.2) is 0 Å². The van der Waals surface area contributed by atoms with Gasteiger partial charge in [0.1, 0.15) is 22.3 Å². The molecule has 9 nitrogen and oxygen atoms in total. The molecular formula is C27H26F2N6O3S. The summed E-state index contributed by atoms with van der Waals surface area (Å²) in [6, 6.07) is 10.7. The number of methoxy groups -OCH3 is 1. The Kier molecular flexibility index (Phi) is 6.98. The summed E-state index contributed by atoms with van der Waals surface area (Å²) >= 11 is 1.22. The Bertz CT molecular complexity index is 1730. The Morgan fingerprint density at radius 3 is 2.28 bits per heavy atom. The second-order valence-electron chi connectivity index (χ2n) is 9.20. The number of benzene rings is 2. The van der Waals surface area contributed by atoms with E-state index in [-0.39, 0.29) is 16.8 Å². The van der Waals surface area contributed by atoms with Crippen LogP contribution in [0.4, 0.5) is 14.5 Å². The SMILES string of the molecule is COC1=CC=C(n2c(=O)c3c(CN(C)C)c(-c4ccc(N)cc4)sc3n(Cc3c(F)cccc3F)c2=O)NN1. The largest absolute Gasteiger partial charge is 0.481 e. The monoisotopic (exact) mass is 552 g/mol. The summed E-state index contributed by atoms with van der Waals surface area (Å²) in [4.78, 5) is 30.9. The van der Waals surface area contributed by atoms with E-state index in [0.29, 0.717) is 28.5 Å². The van der Waals surface area contributed by atoms with Gasteiger partial charge in [0.25, 0.3) is 5.56 Å². The van der Waals surface area contributed by atoms with Gasteiger partial charge in [-0.1, -0.05) is 18.2 Å². The van der Waals surface area contributed by atoms with E-state index >= 15 is 0 Å². The van der Waals surface area contributed by atoms with Gasteiger partial charge in [0, 0.05) is 28.7 Å². The number of rotatable bonds is 7. The maximum Gasteiger partial charge on any atom is 0.338 e. The molecule has 5 rings (SSSR count). The third-order valence-electron chi connectivity index (χ3n) is 6.27. The van der Waals surface area contributed by atoms with E-state index in [2.05, 4.69) is 10.9 Å². The van der Waals surface area contributed by atoms with Crippen molar-refractivity contribution in [2.24, 2.45) is 0 Å². The lowest BCUT2D eigenvalue weighted by Crippen LogP contribution is -2.46. The predicted molar refractivity (Wildman–Crippen MR) is 149 cm³/mol. The normalized spacial score (nSPS) is 13.2. The number of nitrogens with two attached hydrogens (primary N) is 1. The van der Waals surface area contributed by atoms with Crippen molar-refractivity contribution in [1.29, 1.82) is 0 Å². The van der Waals surface area contributed by atoms with Crippen molar-refractivity contribution in [1.82, 2.24) is 24.9 Å². The fourth-order valence-corrected chi connectivity index (χ4v) is 5.71. The number of anilines is 1. The number of hydrogen-bond donors (Lipinski definition) is 3. The molecule has 2 aromatic carbocycles. The van der Waals surface area contributed by atoms with Crippen LogP contribution >= 0.6 is 11.3 Å². The lowest BCUT2D eigenvalue weighted by atomic mass is 10.1. The average Bonchev–Trinajstić information content (AvgIpc) is 3.27. The zero-order valence-corrected chi connectivity index (χ0v) is 22.2. The quantitative estimate of drug-likeness (QED) is 0.302. The van der Waals surface area contributed by atoms with Crippen LogP contribution in [0.15, 0.2) is 70.1 Å². The first-order valence-electron chi connectivity index (χ1n) is 11.9. The number of hydrogen-bond acceptors (Lipinski definition) is 8. The van der Waals surface area contributed by atoms with Gasteiger partial charge in [0.05, 0.1) is 19.0 Å². The van der Waals surface area contributed by atoms with E-state index in [1.807, 2.05) is 31.1 Å². The van der Waals surface area contributed by atoms with Crippen molar-refractivity contribution < 1.29 is 13.5 Å². The van der Waals surface area contributed by atoms with E-state index in [1.165, 1.54) is 35.2 Å². The first kappa shape index (κ1) is 26.2. The molecule has 1 aliphatic heterocycles. The van der Waals surface area contributed by atoms with Crippen molar-refractivity contribution in [3.63, 3.8) is 0 Å². The molecule has 0 bridgehead atoms. The number of aromatic nitrogens is 2. The number of nitrogens with one attached hydrogen (secondary N) is 2. The van der Waals surface area contributed by atoms with E-state index < -0.39 is 29.4 Å². The number of nitrogen functional groups attached to an aromatic ring is 1. The summed E-state index contributed by atoms with van der Waals surface area (Å²) in [5.41, 5.74) is 11.9. The highest BCUT2D eigenvalue weighted by Crippen LogP contribution is 2.38. The van der Waals surface area contributed by atoms with Crippen LogP contribution in [-0.4, -0.2) is 35.2 Å². The van der Waals surface area contributed by atoms with E-state index in [9.17, 15) is 18.4 Å². The van der Waals surface area contributed by atoms with Crippen molar-refractivity contribution >= 4 is 33.1 Å². The van der Waals surface area contributed by atoms with Crippen LogP contribution in [0.1, 0.15) is 11.1 Å². The molecule has 0 amide bonds. The lowest BCUT2D eigenvalue weighted by molar-refractivity contribution is 0.252. The van der Waals surface area contributed by atoms with Crippen molar-refractivity contribution in [3.05, 3.63) is 104 Å². The summed E-state index contributed by atoms with van der Waals surface area (Å²) in [6.07, 6.45) is 3.06. The molecule has 39 heavy (non-hydrogen) atoms. The first-order chi connectivity index (χ1) is 18.7. The molecule has 3 heterocycles. The van der Waals surface area contributed by atoms with E-state index in [0.717, 1.165) is 27.1 Å². The van der Waals surface area contributed by atoms with Gasteiger partial charge in [-0.05, 0) is 55.6 Å². The summed E-state index contributed by atoms with van der Waals surface area (Å²) in [5, 5.41) is 0.279. The van der Waals surface area contributed by atoms with Crippen molar-refractivity contribution in [3.8, 4) is 10.4 Å². The van der Waals surface area contributed by atoms with Gasteiger partial charge in [-0.25, -0.2) is 18.1 Å². The predicted octanol–water partition coefficient (Wildman–Crippen LogP) is 3.26. The zero-order chi connectivity index (χ0) is 27.8. The Morgan fingerprint density at radius 1 is 1.00 bits per heavy atom. The van der Waals surface area contributed by atoms with Crippen LogP contribution in [0, 0.1) is 11.6 Å². The molecule has 0 aliphatic carbocycles. The molecule has 4 aromatic rings. The van der Waals surface area contributed by atoms with E-state index in [4.69, 9.17) is 10.5 Å². The van der Waals surface area contributed by atoms with Crippen molar-refractivity contribution in [2.45, 2.75) is 13.1 Å². The number of fused-ring (bicyclic) bond motifs is 1.